The molecule has 0 unspecified atom stereocenters. The molecule has 0 heterocycles. The Balaban J connectivity index is 2.08. The number of non-ortho nitro benzene ring substituents is 2. The van der Waals surface area contributed by atoms with E-state index in [1.807, 2.05) is 0 Å². The van der Waals surface area contributed by atoms with E-state index in [2.05, 4.69) is 6.92 Å². The maximum absolute atomic E-state index is 12.3. The molecule has 0 spiro atoms. The fourth-order valence-electron chi connectivity index (χ4n) is 4.21. The minimum atomic E-state index is -0.777. The average Bonchev–Trinajstić information content (AvgIpc) is 2.83. The molecule has 8 heteroatoms. The summed E-state index contributed by atoms with van der Waals surface area (Å²) in [6.07, 6.45) is 21.0. The van der Waals surface area contributed by atoms with Crippen LogP contribution in [0.1, 0.15) is 133 Å². The number of nitro benzene ring substituents is 2. The zero-order chi connectivity index (χ0) is 25.9. The number of carbonyl (C=O) groups is 1. The van der Waals surface area contributed by atoms with Crippen LogP contribution in [0.4, 0.5) is 11.4 Å². The van der Waals surface area contributed by atoms with Crippen LogP contribution in [0, 0.1) is 20.2 Å². The van der Waals surface area contributed by atoms with Crippen LogP contribution in [0.25, 0.3) is 0 Å². The summed E-state index contributed by atoms with van der Waals surface area (Å²) < 4.78 is 5.35. The third kappa shape index (κ3) is 14.5. The Bertz CT molecular complexity index is 736. The molecule has 0 N–H and O–H groups in total. The van der Waals surface area contributed by atoms with Crippen molar-refractivity contribution in [2.24, 2.45) is 0 Å². The normalized spacial score (nSPS) is 11.8. The lowest BCUT2D eigenvalue weighted by Gasteiger charge is -2.13. The molecule has 1 atom stereocenters. The van der Waals surface area contributed by atoms with Crippen molar-refractivity contribution in [3.05, 3.63) is 44.0 Å². The van der Waals surface area contributed by atoms with E-state index in [0.29, 0.717) is 6.42 Å². The van der Waals surface area contributed by atoms with Crippen LogP contribution in [0.15, 0.2) is 18.2 Å². The molecule has 0 aliphatic rings. The molecule has 0 aliphatic carbocycles. The van der Waals surface area contributed by atoms with E-state index < -0.39 is 27.2 Å². The van der Waals surface area contributed by atoms with Gasteiger partial charge in [-0.3, -0.25) is 20.2 Å². The van der Waals surface area contributed by atoms with Gasteiger partial charge in [-0.05, 0) is 19.8 Å². The predicted octanol–water partition coefficient (Wildman–Crippen LogP) is 8.70. The van der Waals surface area contributed by atoms with Gasteiger partial charge < -0.3 is 4.74 Å². The summed E-state index contributed by atoms with van der Waals surface area (Å²) in [4.78, 5) is 32.7. The van der Waals surface area contributed by atoms with Crippen molar-refractivity contribution < 1.29 is 19.4 Å². The second-order valence-electron chi connectivity index (χ2n) is 9.56. The average molecular weight is 493 g/mol. The van der Waals surface area contributed by atoms with Gasteiger partial charge >= 0.3 is 5.97 Å². The van der Waals surface area contributed by atoms with Gasteiger partial charge in [-0.2, -0.15) is 0 Å². The molecule has 198 valence electrons. The number of unbranched alkanes of at least 4 members (excludes halogenated alkanes) is 15. The second-order valence-corrected chi connectivity index (χ2v) is 9.56. The molecule has 0 fully saturated rings. The monoisotopic (exact) mass is 492 g/mol. The Morgan fingerprint density at radius 1 is 0.714 bits per heavy atom. The summed E-state index contributed by atoms with van der Waals surface area (Å²) in [5.74, 6) is -0.777. The minimum Gasteiger partial charge on any atom is -0.459 e. The van der Waals surface area contributed by atoms with Gasteiger partial charge in [0, 0.05) is 12.1 Å². The van der Waals surface area contributed by atoms with Crippen molar-refractivity contribution in [3.8, 4) is 0 Å². The molecule has 0 aromatic heterocycles. The van der Waals surface area contributed by atoms with E-state index in [9.17, 15) is 25.0 Å². The van der Waals surface area contributed by atoms with E-state index in [0.717, 1.165) is 37.5 Å². The molecular weight excluding hydrogens is 448 g/mol. The van der Waals surface area contributed by atoms with Crippen LogP contribution in [0.5, 0.6) is 0 Å². The molecule has 0 radical (unpaired) electrons. The summed E-state index contributed by atoms with van der Waals surface area (Å²) in [5, 5.41) is 22.0. The summed E-state index contributed by atoms with van der Waals surface area (Å²) in [6, 6.07) is 2.85. The van der Waals surface area contributed by atoms with Crippen LogP contribution in [0.2, 0.25) is 0 Å². The number of ether oxygens (including phenoxy) is 1. The molecule has 0 amide bonds. The number of nitrogens with zero attached hydrogens (tertiary/aromatic N) is 2. The number of esters is 1. The molecule has 1 aromatic rings. The molecule has 0 saturated carbocycles. The first-order valence-electron chi connectivity index (χ1n) is 13.5. The van der Waals surface area contributed by atoms with Crippen LogP contribution in [0.3, 0.4) is 0 Å². The van der Waals surface area contributed by atoms with Gasteiger partial charge in [-0.25, -0.2) is 4.79 Å². The lowest BCUT2D eigenvalue weighted by Crippen LogP contribution is -2.15. The Hall–Kier alpha value is -2.51. The molecule has 1 rings (SSSR count). The largest absolute Gasteiger partial charge is 0.459 e. The Labute approximate surface area is 210 Å². The zero-order valence-corrected chi connectivity index (χ0v) is 21.7. The topological polar surface area (TPSA) is 113 Å². The lowest BCUT2D eigenvalue weighted by molar-refractivity contribution is -0.394. The summed E-state index contributed by atoms with van der Waals surface area (Å²) >= 11 is 0. The Kier molecular flexibility index (Phi) is 16.4. The van der Waals surface area contributed by atoms with Crippen molar-refractivity contribution in [3.63, 3.8) is 0 Å². The van der Waals surface area contributed by atoms with Gasteiger partial charge in [0.25, 0.3) is 11.4 Å². The number of benzene rings is 1. The summed E-state index contributed by atoms with van der Waals surface area (Å²) in [5.41, 5.74) is -1.18. The van der Waals surface area contributed by atoms with E-state index in [1.54, 1.807) is 6.92 Å². The molecule has 0 bridgehead atoms. The smallest absolute Gasteiger partial charge is 0.338 e. The highest BCUT2D eigenvalue weighted by molar-refractivity contribution is 5.91. The first kappa shape index (κ1) is 30.5. The van der Waals surface area contributed by atoms with Crippen LogP contribution in [-0.2, 0) is 4.74 Å². The van der Waals surface area contributed by atoms with Gasteiger partial charge in [0.05, 0.1) is 27.6 Å². The molecule has 0 saturated heterocycles. The zero-order valence-electron chi connectivity index (χ0n) is 21.7. The third-order valence-electron chi connectivity index (χ3n) is 6.33. The maximum Gasteiger partial charge on any atom is 0.338 e. The van der Waals surface area contributed by atoms with E-state index >= 15 is 0 Å². The van der Waals surface area contributed by atoms with Crippen molar-refractivity contribution in [2.45, 2.75) is 129 Å². The number of rotatable bonds is 21. The maximum atomic E-state index is 12.3. The number of hydrogen-bond acceptors (Lipinski definition) is 6. The van der Waals surface area contributed by atoms with Crippen molar-refractivity contribution >= 4 is 17.3 Å². The molecular formula is C27H44N2O6. The highest BCUT2D eigenvalue weighted by Gasteiger charge is 2.21. The second kappa shape index (κ2) is 18.8. The van der Waals surface area contributed by atoms with Gasteiger partial charge in [-0.1, -0.05) is 103 Å². The highest BCUT2D eigenvalue weighted by Crippen LogP contribution is 2.24. The van der Waals surface area contributed by atoms with E-state index in [1.165, 1.54) is 83.5 Å². The SMILES string of the molecule is CCCCCCCCCCCCCCCCCC[C@H](C)OC(=O)c1cc([N+](=O)[O-])cc([N+](=O)[O-])c1. The molecule has 8 nitrogen and oxygen atoms in total. The van der Waals surface area contributed by atoms with Gasteiger partial charge in [0.15, 0.2) is 0 Å². The van der Waals surface area contributed by atoms with Crippen molar-refractivity contribution in [1.29, 1.82) is 0 Å². The lowest BCUT2D eigenvalue weighted by atomic mass is 10.0. The quantitative estimate of drug-likeness (QED) is 0.0734. The fourth-order valence-corrected chi connectivity index (χ4v) is 4.21. The number of carbonyl (C=O) groups excluding carboxylic acids is 1. The summed E-state index contributed by atoms with van der Waals surface area (Å²) in [6.45, 7) is 4.03. The van der Waals surface area contributed by atoms with Gasteiger partial charge in [-0.15, -0.1) is 0 Å². The molecule has 35 heavy (non-hydrogen) atoms. The molecule has 1 aromatic carbocycles. The Morgan fingerprint density at radius 3 is 1.46 bits per heavy atom. The van der Waals surface area contributed by atoms with Crippen molar-refractivity contribution in [1.82, 2.24) is 0 Å². The predicted molar refractivity (Wildman–Crippen MR) is 139 cm³/mol. The number of nitro groups is 2. The van der Waals surface area contributed by atoms with Crippen molar-refractivity contribution in [2.75, 3.05) is 0 Å². The van der Waals surface area contributed by atoms with E-state index in [-0.39, 0.29) is 11.7 Å². The minimum absolute atomic E-state index is 0.176. The first-order valence-corrected chi connectivity index (χ1v) is 13.5. The first-order chi connectivity index (χ1) is 16.8. The highest BCUT2D eigenvalue weighted by atomic mass is 16.6. The number of hydrogen-bond donors (Lipinski definition) is 0. The van der Waals surface area contributed by atoms with Gasteiger partial charge in [0.1, 0.15) is 0 Å². The Morgan fingerprint density at radius 2 is 1.09 bits per heavy atom. The van der Waals surface area contributed by atoms with Crippen LogP contribution < -0.4 is 0 Å². The van der Waals surface area contributed by atoms with Crippen LogP contribution in [-0.4, -0.2) is 21.9 Å². The fraction of sp³-hybridized carbons (Fsp3) is 0.741. The van der Waals surface area contributed by atoms with Gasteiger partial charge in [0.2, 0.25) is 0 Å². The van der Waals surface area contributed by atoms with Crippen LogP contribution >= 0.6 is 0 Å². The molecule has 0 aliphatic heterocycles. The summed E-state index contributed by atoms with van der Waals surface area (Å²) in [7, 11) is 0. The standard InChI is InChI=1S/C27H44N2O6/c1-3-4-5-6-7-8-9-10-11-12-13-14-15-16-17-18-19-23(2)35-27(30)24-20-25(28(31)32)22-26(21-24)29(33)34/h20-23H,3-19H2,1-2H3/t23-/m0/s1. The third-order valence-corrected chi connectivity index (χ3v) is 6.33. The van der Waals surface area contributed by atoms with E-state index in [4.69, 9.17) is 4.74 Å².